The number of methoxy groups -OCH3 is 1. The Morgan fingerprint density at radius 2 is 1.88 bits per heavy atom. The Hall–Kier alpha value is -3.26. The number of nitrogens with zero attached hydrogens (tertiary/aromatic N) is 1. The first-order chi connectivity index (χ1) is 12.6. The molecule has 0 fully saturated rings. The van der Waals surface area contributed by atoms with Crippen molar-refractivity contribution in [2.45, 2.75) is 0 Å². The number of rotatable bonds is 5. The number of pyridine rings is 1. The molecule has 0 saturated carbocycles. The highest BCUT2D eigenvalue weighted by molar-refractivity contribution is 7.12. The number of hydrogen-bond donors (Lipinski definition) is 1. The molecule has 1 aromatic carbocycles. The van der Waals surface area contributed by atoms with E-state index in [0.717, 1.165) is 16.7 Å². The minimum atomic E-state index is -0.704. The minimum Gasteiger partial charge on any atom is -0.465 e. The molecule has 0 bridgehead atoms. The topological polar surface area (TPSA) is 94.6 Å². The maximum absolute atomic E-state index is 12.1. The summed E-state index contributed by atoms with van der Waals surface area (Å²) in [5.74, 6) is -1.82. The first kappa shape index (κ1) is 17.6. The lowest BCUT2D eigenvalue weighted by Crippen LogP contribution is -2.22. The number of hydrogen-bond acceptors (Lipinski definition) is 7. The normalized spacial score (nSPS) is 10.3. The van der Waals surface area contributed by atoms with Gasteiger partial charge in [-0.2, -0.15) is 0 Å². The summed E-state index contributed by atoms with van der Waals surface area (Å²) in [6.45, 7) is -0.496. The molecule has 26 heavy (non-hydrogen) atoms. The lowest BCUT2D eigenvalue weighted by molar-refractivity contribution is -0.119. The van der Waals surface area contributed by atoms with Gasteiger partial charge in [-0.05, 0) is 23.6 Å². The van der Waals surface area contributed by atoms with Gasteiger partial charge in [0.1, 0.15) is 10.6 Å². The van der Waals surface area contributed by atoms with Crippen molar-refractivity contribution < 1.29 is 23.9 Å². The number of ether oxygens (including phenoxy) is 2. The fourth-order valence-corrected chi connectivity index (χ4v) is 3.00. The molecule has 1 N–H and O–H groups in total. The number of carbonyl (C=O) groups excluding carboxylic acids is 3. The number of carbonyl (C=O) groups is 3. The summed E-state index contributed by atoms with van der Waals surface area (Å²) in [6, 6.07) is 12.2. The average Bonchev–Trinajstić information content (AvgIpc) is 3.13. The zero-order chi connectivity index (χ0) is 18.5. The number of fused-ring (bicyclic) bond motifs is 1. The summed E-state index contributed by atoms with van der Waals surface area (Å²) in [7, 11) is 1.26. The zero-order valence-corrected chi connectivity index (χ0v) is 14.5. The van der Waals surface area contributed by atoms with Crippen molar-refractivity contribution in [1.29, 1.82) is 0 Å². The van der Waals surface area contributed by atoms with Crippen LogP contribution in [0.1, 0.15) is 20.2 Å². The number of anilines is 1. The Morgan fingerprint density at radius 3 is 2.69 bits per heavy atom. The summed E-state index contributed by atoms with van der Waals surface area (Å²) in [6.07, 6.45) is 0. The summed E-state index contributed by atoms with van der Waals surface area (Å²) in [5.41, 5.74) is 1.08. The van der Waals surface area contributed by atoms with Gasteiger partial charge >= 0.3 is 11.9 Å². The van der Waals surface area contributed by atoms with Crippen molar-refractivity contribution in [3.8, 4) is 0 Å². The van der Waals surface area contributed by atoms with Gasteiger partial charge in [0.2, 0.25) is 0 Å². The maximum atomic E-state index is 12.1. The largest absolute Gasteiger partial charge is 0.465 e. The molecule has 0 spiro atoms. The van der Waals surface area contributed by atoms with Crippen molar-refractivity contribution in [2.75, 3.05) is 19.0 Å². The monoisotopic (exact) mass is 370 g/mol. The zero-order valence-electron chi connectivity index (χ0n) is 13.7. The fourth-order valence-electron chi connectivity index (χ4n) is 2.23. The van der Waals surface area contributed by atoms with Gasteiger partial charge < -0.3 is 14.8 Å². The molecule has 132 valence electrons. The fraction of sp³-hybridized carbons (Fsp3) is 0.111. The van der Waals surface area contributed by atoms with Gasteiger partial charge in [-0.3, -0.25) is 4.79 Å². The van der Waals surface area contributed by atoms with E-state index in [1.807, 2.05) is 18.2 Å². The van der Waals surface area contributed by atoms with Crippen LogP contribution in [0.3, 0.4) is 0 Å². The van der Waals surface area contributed by atoms with Crippen LogP contribution in [0.25, 0.3) is 10.9 Å². The highest BCUT2D eigenvalue weighted by Crippen LogP contribution is 2.23. The summed E-state index contributed by atoms with van der Waals surface area (Å²) in [4.78, 5) is 40.1. The molecule has 0 aliphatic rings. The summed E-state index contributed by atoms with van der Waals surface area (Å²) >= 11 is 1.14. The molecule has 0 unspecified atom stereocenters. The first-order valence-electron chi connectivity index (χ1n) is 7.57. The van der Waals surface area contributed by atoms with Crippen LogP contribution in [0.2, 0.25) is 0 Å². The number of thiophene rings is 1. The van der Waals surface area contributed by atoms with Crippen molar-refractivity contribution in [1.82, 2.24) is 4.98 Å². The van der Waals surface area contributed by atoms with Gasteiger partial charge in [0, 0.05) is 5.39 Å². The second-order valence-electron chi connectivity index (χ2n) is 5.17. The molecule has 7 nitrogen and oxygen atoms in total. The van der Waals surface area contributed by atoms with Gasteiger partial charge in [0.25, 0.3) is 5.91 Å². The average molecular weight is 370 g/mol. The predicted octanol–water partition coefficient (Wildman–Crippen LogP) is 2.88. The van der Waals surface area contributed by atoms with E-state index in [2.05, 4.69) is 15.0 Å². The second kappa shape index (κ2) is 7.75. The lowest BCUT2D eigenvalue weighted by atomic mass is 10.2. The van der Waals surface area contributed by atoms with Gasteiger partial charge in [-0.25, -0.2) is 14.6 Å². The van der Waals surface area contributed by atoms with Crippen LogP contribution in [0.4, 0.5) is 5.69 Å². The molecule has 2 aromatic heterocycles. The van der Waals surface area contributed by atoms with Gasteiger partial charge in [0.15, 0.2) is 6.61 Å². The van der Waals surface area contributed by atoms with Crippen LogP contribution < -0.4 is 5.32 Å². The van der Waals surface area contributed by atoms with E-state index < -0.39 is 24.5 Å². The van der Waals surface area contributed by atoms with Crippen molar-refractivity contribution in [3.63, 3.8) is 0 Å². The van der Waals surface area contributed by atoms with E-state index in [9.17, 15) is 14.4 Å². The minimum absolute atomic E-state index is 0.113. The van der Waals surface area contributed by atoms with Crippen LogP contribution in [-0.2, 0) is 14.3 Å². The molecule has 2 heterocycles. The van der Waals surface area contributed by atoms with Crippen molar-refractivity contribution in [2.24, 2.45) is 0 Å². The Bertz CT molecular complexity index is 982. The lowest BCUT2D eigenvalue weighted by Gasteiger charge is -2.07. The Morgan fingerprint density at radius 1 is 1.08 bits per heavy atom. The molecule has 0 aliphatic heterocycles. The number of benzene rings is 1. The standard InChI is InChI=1S/C18H14N2O5S/c1-24-18(23)16-13(8-9-26-16)20-15(21)10-25-17(22)14-7-6-11-4-2-3-5-12(11)19-14/h2-9H,10H2,1H3,(H,20,21). The number of para-hydroxylation sites is 1. The molecule has 1 amide bonds. The first-order valence-corrected chi connectivity index (χ1v) is 8.45. The van der Waals surface area contributed by atoms with Gasteiger partial charge in [-0.1, -0.05) is 24.3 Å². The Balaban J connectivity index is 1.61. The Kier molecular flexibility index (Phi) is 5.23. The van der Waals surface area contributed by atoms with E-state index in [1.165, 1.54) is 13.2 Å². The van der Waals surface area contributed by atoms with Gasteiger partial charge in [0.05, 0.1) is 18.3 Å². The van der Waals surface area contributed by atoms with E-state index >= 15 is 0 Å². The van der Waals surface area contributed by atoms with Crippen molar-refractivity contribution in [3.05, 3.63) is 58.4 Å². The van der Waals surface area contributed by atoms with Crippen LogP contribution in [0.15, 0.2) is 47.8 Å². The number of nitrogens with one attached hydrogen (secondary N) is 1. The van der Waals surface area contributed by atoms with E-state index in [4.69, 9.17) is 4.74 Å². The second-order valence-corrected chi connectivity index (χ2v) is 6.08. The third-order valence-corrected chi connectivity index (χ3v) is 4.35. The highest BCUT2D eigenvalue weighted by atomic mass is 32.1. The molecule has 0 aliphatic carbocycles. The number of esters is 2. The van der Waals surface area contributed by atoms with E-state index in [1.54, 1.807) is 23.6 Å². The maximum Gasteiger partial charge on any atom is 0.357 e. The van der Waals surface area contributed by atoms with Crippen LogP contribution in [0, 0.1) is 0 Å². The van der Waals surface area contributed by atoms with Gasteiger partial charge in [-0.15, -0.1) is 11.3 Å². The molecular weight excluding hydrogens is 356 g/mol. The smallest absolute Gasteiger partial charge is 0.357 e. The predicted molar refractivity (Wildman–Crippen MR) is 96.3 cm³/mol. The molecular formula is C18H14N2O5S. The third-order valence-electron chi connectivity index (χ3n) is 3.45. The summed E-state index contributed by atoms with van der Waals surface area (Å²) < 4.78 is 9.62. The van der Waals surface area contributed by atoms with Crippen LogP contribution >= 0.6 is 11.3 Å². The highest BCUT2D eigenvalue weighted by Gasteiger charge is 2.17. The molecule has 3 aromatic rings. The molecule has 0 radical (unpaired) electrons. The number of aromatic nitrogens is 1. The van der Waals surface area contributed by atoms with E-state index in [0.29, 0.717) is 11.2 Å². The third kappa shape index (κ3) is 3.86. The Labute approximate surface area is 152 Å². The number of amides is 1. The SMILES string of the molecule is COC(=O)c1sccc1NC(=O)COC(=O)c1ccc2ccccc2n1. The molecule has 0 atom stereocenters. The van der Waals surface area contributed by atoms with E-state index in [-0.39, 0.29) is 10.6 Å². The van der Waals surface area contributed by atoms with Crippen LogP contribution in [-0.4, -0.2) is 36.5 Å². The van der Waals surface area contributed by atoms with Crippen LogP contribution in [0.5, 0.6) is 0 Å². The molecule has 8 heteroatoms. The molecule has 0 saturated heterocycles. The van der Waals surface area contributed by atoms with Crippen molar-refractivity contribution >= 4 is 45.8 Å². The summed E-state index contributed by atoms with van der Waals surface area (Å²) in [5, 5.41) is 5.06. The molecule has 3 rings (SSSR count). The quantitative estimate of drug-likeness (QED) is 0.694.